The number of nitrogens with one attached hydrogen (secondary N) is 2. The molecule has 2 aromatic heterocycles. The van der Waals surface area contributed by atoms with Crippen LogP contribution in [0.5, 0.6) is 0 Å². The minimum Gasteiger partial charge on any atom is -0.449 e. The van der Waals surface area contributed by atoms with Crippen LogP contribution in [0.1, 0.15) is 33.4 Å². The molecule has 0 saturated heterocycles. The zero-order valence-corrected chi connectivity index (χ0v) is 18.3. The van der Waals surface area contributed by atoms with E-state index in [4.69, 9.17) is 8.83 Å². The summed E-state index contributed by atoms with van der Waals surface area (Å²) in [5.74, 6) is -1.30. The van der Waals surface area contributed by atoms with Gasteiger partial charge in [-0.25, -0.2) is 4.79 Å². The molecule has 5 aromatic rings. The van der Waals surface area contributed by atoms with Crippen LogP contribution < -0.4 is 16.3 Å². The second-order valence-electron chi connectivity index (χ2n) is 7.75. The van der Waals surface area contributed by atoms with Crippen molar-refractivity contribution in [3.63, 3.8) is 0 Å². The molecular formula is C27H20N2O5. The lowest BCUT2D eigenvalue weighted by Crippen LogP contribution is -2.22. The van der Waals surface area contributed by atoms with Gasteiger partial charge in [-0.15, -0.1) is 0 Å². The van der Waals surface area contributed by atoms with E-state index in [1.165, 1.54) is 6.07 Å². The summed E-state index contributed by atoms with van der Waals surface area (Å²) in [6, 6.07) is 22.8. The molecule has 0 fully saturated rings. The topological polar surface area (TPSA) is 102 Å². The van der Waals surface area contributed by atoms with Gasteiger partial charge in [0.2, 0.25) is 5.76 Å². The van der Waals surface area contributed by atoms with E-state index in [2.05, 4.69) is 10.6 Å². The van der Waals surface area contributed by atoms with Gasteiger partial charge < -0.3 is 19.5 Å². The quantitative estimate of drug-likeness (QED) is 0.338. The first kappa shape index (κ1) is 21.2. The van der Waals surface area contributed by atoms with Crippen molar-refractivity contribution >= 4 is 45.1 Å². The number of fused-ring (bicyclic) bond motifs is 2. The van der Waals surface area contributed by atoms with Crippen molar-refractivity contribution in [1.29, 1.82) is 0 Å². The lowest BCUT2D eigenvalue weighted by atomic mass is 10.1. The second kappa shape index (κ2) is 8.71. The Labute approximate surface area is 194 Å². The molecule has 34 heavy (non-hydrogen) atoms. The number of carbonyl (C=O) groups excluding carboxylic acids is 2. The maximum Gasteiger partial charge on any atom is 0.349 e. The van der Waals surface area contributed by atoms with Crippen LogP contribution in [-0.4, -0.2) is 11.8 Å². The van der Waals surface area contributed by atoms with Crippen molar-refractivity contribution in [3.8, 4) is 0 Å². The lowest BCUT2D eigenvalue weighted by molar-refractivity contribution is 0.0999. The monoisotopic (exact) mass is 452 g/mol. The summed E-state index contributed by atoms with van der Waals surface area (Å²) in [6.07, 6.45) is 0.886. The molecule has 3 aromatic carbocycles. The van der Waals surface area contributed by atoms with E-state index in [1.54, 1.807) is 60.7 Å². The molecule has 0 bridgehead atoms. The van der Waals surface area contributed by atoms with Crippen LogP contribution in [0, 0.1) is 0 Å². The fraction of sp³-hybridized carbons (Fsp3) is 0.0741. The number of furan rings is 1. The Hall–Kier alpha value is -4.65. The highest BCUT2D eigenvalue weighted by molar-refractivity contribution is 6.17. The highest BCUT2D eigenvalue weighted by Crippen LogP contribution is 2.32. The molecule has 0 atom stereocenters. The van der Waals surface area contributed by atoms with E-state index >= 15 is 0 Å². The summed E-state index contributed by atoms with van der Waals surface area (Å²) in [6.45, 7) is 2.05. The molecule has 7 nitrogen and oxygen atoms in total. The van der Waals surface area contributed by atoms with Crippen LogP contribution in [0.25, 0.3) is 21.9 Å². The largest absolute Gasteiger partial charge is 0.449 e. The number of para-hydroxylation sites is 2. The van der Waals surface area contributed by atoms with Crippen molar-refractivity contribution in [3.05, 3.63) is 106 Å². The maximum absolute atomic E-state index is 13.1. The smallest absolute Gasteiger partial charge is 0.349 e. The number of hydrogen-bond donors (Lipinski definition) is 2. The normalized spacial score (nSPS) is 11.0. The van der Waals surface area contributed by atoms with Crippen molar-refractivity contribution in [2.45, 2.75) is 13.3 Å². The van der Waals surface area contributed by atoms with Gasteiger partial charge in [-0.1, -0.05) is 49.4 Å². The zero-order chi connectivity index (χ0) is 23.7. The van der Waals surface area contributed by atoms with Gasteiger partial charge in [0.25, 0.3) is 11.8 Å². The summed E-state index contributed by atoms with van der Waals surface area (Å²) in [7, 11) is 0. The average molecular weight is 452 g/mol. The van der Waals surface area contributed by atoms with E-state index in [0.717, 1.165) is 12.0 Å². The molecule has 7 heteroatoms. The molecular weight excluding hydrogens is 432 g/mol. The third kappa shape index (κ3) is 3.95. The average Bonchev–Trinajstić information content (AvgIpc) is 3.22. The molecule has 5 rings (SSSR count). The van der Waals surface area contributed by atoms with Crippen molar-refractivity contribution in [1.82, 2.24) is 0 Å². The third-order valence-corrected chi connectivity index (χ3v) is 5.55. The molecule has 0 unspecified atom stereocenters. The van der Waals surface area contributed by atoms with Crippen molar-refractivity contribution in [2.24, 2.45) is 0 Å². The summed E-state index contributed by atoms with van der Waals surface area (Å²) < 4.78 is 11.1. The predicted molar refractivity (Wildman–Crippen MR) is 130 cm³/mol. The highest BCUT2D eigenvalue weighted by Gasteiger charge is 2.24. The Balaban J connectivity index is 1.51. The SMILES string of the molecule is CCc1ccc(NC(=O)c2oc3ccccc3c2NC(=O)c2cc3ccccc3oc2=O)cc1. The lowest BCUT2D eigenvalue weighted by Gasteiger charge is -2.08. The van der Waals surface area contributed by atoms with E-state index < -0.39 is 17.4 Å². The molecule has 2 N–H and O–H groups in total. The van der Waals surface area contributed by atoms with Gasteiger partial charge in [0, 0.05) is 16.5 Å². The van der Waals surface area contributed by atoms with Crippen LogP contribution in [0.15, 0.2) is 92.5 Å². The van der Waals surface area contributed by atoms with Crippen LogP contribution in [0.4, 0.5) is 11.4 Å². The maximum atomic E-state index is 13.1. The van der Waals surface area contributed by atoms with Crippen LogP contribution in [0.3, 0.4) is 0 Å². The molecule has 168 valence electrons. The van der Waals surface area contributed by atoms with Gasteiger partial charge >= 0.3 is 5.63 Å². The van der Waals surface area contributed by atoms with Gasteiger partial charge in [0.1, 0.15) is 22.4 Å². The first-order valence-corrected chi connectivity index (χ1v) is 10.8. The van der Waals surface area contributed by atoms with Crippen molar-refractivity contribution < 1.29 is 18.4 Å². The van der Waals surface area contributed by atoms with Crippen molar-refractivity contribution in [2.75, 3.05) is 10.6 Å². The first-order valence-electron chi connectivity index (χ1n) is 10.8. The van der Waals surface area contributed by atoms with Gasteiger partial charge in [-0.3, -0.25) is 9.59 Å². The number of anilines is 2. The Morgan fingerprint density at radius 2 is 1.50 bits per heavy atom. The summed E-state index contributed by atoms with van der Waals surface area (Å²) in [4.78, 5) is 38.6. The van der Waals surface area contributed by atoms with Gasteiger partial charge in [-0.2, -0.15) is 0 Å². The van der Waals surface area contributed by atoms with Crippen LogP contribution >= 0.6 is 0 Å². The molecule has 0 aliphatic carbocycles. The number of rotatable bonds is 5. The fourth-order valence-electron chi connectivity index (χ4n) is 3.74. The van der Waals surface area contributed by atoms with E-state index in [0.29, 0.717) is 27.6 Å². The van der Waals surface area contributed by atoms with E-state index in [9.17, 15) is 14.4 Å². The predicted octanol–water partition coefficient (Wildman–Crippen LogP) is 5.61. The number of aryl methyl sites for hydroxylation is 1. The number of benzene rings is 3. The van der Waals surface area contributed by atoms with Gasteiger partial charge in [0.05, 0.1) is 0 Å². The Bertz CT molecular complexity index is 1600. The molecule has 2 amide bonds. The minimum atomic E-state index is -0.772. The molecule has 0 spiro atoms. The number of carbonyl (C=O) groups is 2. The Morgan fingerprint density at radius 1 is 0.794 bits per heavy atom. The molecule has 2 heterocycles. The second-order valence-corrected chi connectivity index (χ2v) is 7.75. The molecule has 0 aliphatic rings. The molecule has 0 radical (unpaired) electrons. The van der Waals surface area contributed by atoms with Gasteiger partial charge in [-0.05, 0) is 48.4 Å². The first-order chi connectivity index (χ1) is 16.5. The Morgan fingerprint density at radius 3 is 2.26 bits per heavy atom. The number of hydrogen-bond acceptors (Lipinski definition) is 5. The van der Waals surface area contributed by atoms with Gasteiger partial charge in [0.15, 0.2) is 0 Å². The summed E-state index contributed by atoms with van der Waals surface area (Å²) >= 11 is 0. The fourth-order valence-corrected chi connectivity index (χ4v) is 3.74. The standard InChI is InChI=1S/C27H20N2O5/c1-2-16-11-13-18(14-12-16)28-26(31)24-23(19-8-4-6-10-22(19)33-24)29-25(30)20-15-17-7-3-5-9-21(17)34-27(20)32/h3-15H,2H2,1H3,(H,28,31)(H,29,30). The van der Waals surface area contributed by atoms with Crippen LogP contribution in [-0.2, 0) is 6.42 Å². The van der Waals surface area contributed by atoms with E-state index in [-0.39, 0.29) is 17.0 Å². The molecule has 0 saturated carbocycles. The zero-order valence-electron chi connectivity index (χ0n) is 18.3. The Kier molecular flexibility index (Phi) is 5.43. The van der Waals surface area contributed by atoms with E-state index in [1.807, 2.05) is 19.1 Å². The molecule has 0 aliphatic heterocycles. The minimum absolute atomic E-state index is 0.0701. The summed E-state index contributed by atoms with van der Waals surface area (Å²) in [5, 5.41) is 6.63. The number of amides is 2. The summed E-state index contributed by atoms with van der Waals surface area (Å²) in [5.41, 5.74) is 1.77. The highest BCUT2D eigenvalue weighted by atomic mass is 16.4. The van der Waals surface area contributed by atoms with Crippen LogP contribution in [0.2, 0.25) is 0 Å². The third-order valence-electron chi connectivity index (χ3n) is 5.55.